The molecule has 1 atom stereocenters. The van der Waals surface area contributed by atoms with Gasteiger partial charge in [-0.15, -0.1) is 0 Å². The Morgan fingerprint density at radius 3 is 2.65 bits per heavy atom. The third-order valence-corrected chi connectivity index (χ3v) is 3.43. The van der Waals surface area contributed by atoms with Crippen LogP contribution in [0, 0.1) is 5.92 Å². The molecule has 0 bridgehead atoms. The van der Waals surface area contributed by atoms with Gasteiger partial charge >= 0.3 is 0 Å². The van der Waals surface area contributed by atoms with Gasteiger partial charge in [-0.05, 0) is 24.5 Å². The number of nitrogens with one attached hydrogen (secondary N) is 1. The summed E-state index contributed by atoms with van der Waals surface area (Å²) < 4.78 is 1.26. The molecule has 0 aliphatic heterocycles. The summed E-state index contributed by atoms with van der Waals surface area (Å²) in [4.78, 5) is 39.6. The summed E-state index contributed by atoms with van der Waals surface area (Å²) in [7, 11) is 0. The zero-order chi connectivity index (χ0) is 17.0. The molecule has 0 aliphatic rings. The Bertz CT molecular complexity index is 782. The number of carboxylic acids is 1. The number of hydrogen-bond acceptors (Lipinski definition) is 5. The monoisotopic (exact) mass is 316 g/mol. The lowest BCUT2D eigenvalue weighted by molar-refractivity contribution is -0.304. The molecule has 0 unspecified atom stereocenters. The summed E-state index contributed by atoms with van der Waals surface area (Å²) in [5, 5.41) is 13.2. The standard InChI is InChI=1S/C16H19N3O4/c1-10(2)7-13(15(22)17-8-14(20)21)19-9-18-12-6-4-3-5-11(12)16(19)23/h3-6,9-10,13H,7-8H2,1-2H3,(H,17,22)(H,20,21)/p-1/t13-/m1/s1. The van der Waals surface area contributed by atoms with E-state index in [2.05, 4.69) is 10.3 Å². The number of fused-ring (bicyclic) bond motifs is 1. The summed E-state index contributed by atoms with van der Waals surface area (Å²) in [6.45, 7) is 3.24. The van der Waals surface area contributed by atoms with Crippen molar-refractivity contribution in [3.05, 3.63) is 40.9 Å². The van der Waals surface area contributed by atoms with Crippen molar-refractivity contribution in [2.75, 3.05) is 6.54 Å². The van der Waals surface area contributed by atoms with Crippen LogP contribution in [0.1, 0.15) is 26.3 Å². The first-order chi connectivity index (χ1) is 10.9. The van der Waals surface area contributed by atoms with Crippen LogP contribution in [0.4, 0.5) is 0 Å². The lowest BCUT2D eigenvalue weighted by Crippen LogP contribution is -2.43. The Kier molecular flexibility index (Phi) is 5.10. The number of carbonyl (C=O) groups excluding carboxylic acids is 2. The van der Waals surface area contributed by atoms with Crippen molar-refractivity contribution in [2.45, 2.75) is 26.3 Å². The lowest BCUT2D eigenvalue weighted by atomic mass is 10.0. The normalized spacial score (nSPS) is 12.3. The first kappa shape index (κ1) is 16.7. The Labute approximate surface area is 133 Å². The molecule has 0 aliphatic carbocycles. The highest BCUT2D eigenvalue weighted by molar-refractivity contribution is 5.84. The molecule has 1 aromatic carbocycles. The van der Waals surface area contributed by atoms with Gasteiger partial charge in [0.05, 0.1) is 29.7 Å². The van der Waals surface area contributed by atoms with Crippen molar-refractivity contribution in [3.8, 4) is 0 Å². The van der Waals surface area contributed by atoms with E-state index in [0.29, 0.717) is 17.3 Å². The van der Waals surface area contributed by atoms with Crippen LogP contribution in [0.25, 0.3) is 10.9 Å². The fourth-order valence-corrected chi connectivity index (χ4v) is 2.38. The number of rotatable bonds is 6. The molecule has 7 heteroatoms. The predicted molar refractivity (Wildman–Crippen MR) is 82.5 cm³/mol. The largest absolute Gasteiger partial charge is 0.548 e. The van der Waals surface area contributed by atoms with Crippen molar-refractivity contribution < 1.29 is 14.7 Å². The van der Waals surface area contributed by atoms with Crippen molar-refractivity contribution in [2.24, 2.45) is 5.92 Å². The molecule has 2 rings (SSSR count). The molecule has 122 valence electrons. The van der Waals surface area contributed by atoms with E-state index in [-0.39, 0.29) is 11.5 Å². The SMILES string of the molecule is CC(C)C[C@H](C(=O)NCC(=O)[O-])n1cnc2ccccc2c1=O. The molecular formula is C16H18N3O4-. The second-order valence-corrected chi connectivity index (χ2v) is 5.71. The van der Waals surface area contributed by atoms with Gasteiger partial charge in [0, 0.05) is 0 Å². The molecule has 2 aromatic rings. The maximum absolute atomic E-state index is 12.6. The minimum atomic E-state index is -1.38. The van der Waals surface area contributed by atoms with Crippen molar-refractivity contribution in [3.63, 3.8) is 0 Å². The molecule has 0 fully saturated rings. The Morgan fingerprint density at radius 2 is 2.00 bits per heavy atom. The lowest BCUT2D eigenvalue weighted by Gasteiger charge is -2.21. The maximum Gasteiger partial charge on any atom is 0.261 e. The second-order valence-electron chi connectivity index (χ2n) is 5.71. The average Bonchev–Trinajstić information content (AvgIpc) is 2.51. The van der Waals surface area contributed by atoms with Crippen LogP contribution in [0.15, 0.2) is 35.4 Å². The number of carboxylic acid groups (broad SMARTS) is 1. The molecule has 0 saturated heterocycles. The third-order valence-electron chi connectivity index (χ3n) is 3.43. The number of aromatic nitrogens is 2. The van der Waals surface area contributed by atoms with Gasteiger partial charge in [0.2, 0.25) is 5.91 Å². The van der Waals surface area contributed by atoms with Crippen LogP contribution in [0.5, 0.6) is 0 Å². The van der Waals surface area contributed by atoms with Crippen LogP contribution in [0.3, 0.4) is 0 Å². The minimum Gasteiger partial charge on any atom is -0.548 e. The van der Waals surface area contributed by atoms with Crippen molar-refractivity contribution in [1.29, 1.82) is 0 Å². The van der Waals surface area contributed by atoms with Gasteiger partial charge in [0.1, 0.15) is 6.04 Å². The topological polar surface area (TPSA) is 104 Å². The minimum absolute atomic E-state index is 0.132. The number of nitrogens with zero attached hydrogens (tertiary/aromatic N) is 2. The maximum atomic E-state index is 12.6. The molecule has 23 heavy (non-hydrogen) atoms. The third kappa shape index (κ3) is 3.94. The van der Waals surface area contributed by atoms with E-state index in [1.807, 2.05) is 13.8 Å². The number of amides is 1. The highest BCUT2D eigenvalue weighted by Crippen LogP contribution is 2.17. The first-order valence-corrected chi connectivity index (χ1v) is 7.33. The van der Waals surface area contributed by atoms with E-state index in [1.165, 1.54) is 10.9 Å². The number of aliphatic carboxylic acids is 1. The Hall–Kier alpha value is -2.70. The fourth-order valence-electron chi connectivity index (χ4n) is 2.38. The Balaban J connectivity index is 2.43. The van der Waals surface area contributed by atoms with E-state index in [4.69, 9.17) is 0 Å². The quantitative estimate of drug-likeness (QED) is 0.798. The summed E-state index contributed by atoms with van der Waals surface area (Å²) in [5.74, 6) is -1.79. The molecule has 1 heterocycles. The number of carbonyl (C=O) groups is 2. The second kappa shape index (κ2) is 7.04. The van der Waals surface area contributed by atoms with Crippen molar-refractivity contribution >= 4 is 22.8 Å². The summed E-state index contributed by atoms with van der Waals surface area (Å²) in [6, 6.07) is 6.04. The van der Waals surface area contributed by atoms with Crippen LogP contribution in [-0.4, -0.2) is 28.0 Å². The van der Waals surface area contributed by atoms with Gasteiger partial charge in [-0.25, -0.2) is 4.98 Å². The molecule has 1 amide bonds. The molecule has 0 spiro atoms. The molecule has 0 radical (unpaired) electrons. The van der Waals surface area contributed by atoms with Crippen LogP contribution >= 0.6 is 0 Å². The summed E-state index contributed by atoms with van der Waals surface area (Å²) >= 11 is 0. The van der Waals surface area contributed by atoms with E-state index in [1.54, 1.807) is 24.3 Å². The zero-order valence-electron chi connectivity index (χ0n) is 13.0. The van der Waals surface area contributed by atoms with E-state index in [0.717, 1.165) is 0 Å². The van der Waals surface area contributed by atoms with E-state index in [9.17, 15) is 19.5 Å². The first-order valence-electron chi connectivity index (χ1n) is 7.33. The predicted octanol–water partition coefficient (Wildman–Crippen LogP) is -0.150. The Morgan fingerprint density at radius 1 is 1.30 bits per heavy atom. The fraction of sp³-hybridized carbons (Fsp3) is 0.375. The summed E-state index contributed by atoms with van der Waals surface area (Å²) in [5.41, 5.74) is 0.219. The van der Waals surface area contributed by atoms with Gasteiger partial charge in [0.25, 0.3) is 5.56 Å². The van der Waals surface area contributed by atoms with Gasteiger partial charge < -0.3 is 15.2 Å². The van der Waals surface area contributed by atoms with Crippen LogP contribution in [-0.2, 0) is 9.59 Å². The van der Waals surface area contributed by atoms with Gasteiger partial charge in [-0.2, -0.15) is 0 Å². The summed E-state index contributed by atoms with van der Waals surface area (Å²) in [6.07, 6.45) is 1.72. The molecule has 0 saturated carbocycles. The molecular weight excluding hydrogens is 298 g/mol. The van der Waals surface area contributed by atoms with Crippen molar-refractivity contribution in [1.82, 2.24) is 14.9 Å². The van der Waals surface area contributed by atoms with Crippen LogP contribution in [0.2, 0.25) is 0 Å². The highest BCUT2D eigenvalue weighted by atomic mass is 16.4. The molecule has 1 aromatic heterocycles. The van der Waals surface area contributed by atoms with E-state index < -0.39 is 24.5 Å². The van der Waals surface area contributed by atoms with E-state index >= 15 is 0 Å². The smallest absolute Gasteiger partial charge is 0.261 e. The van der Waals surface area contributed by atoms with Gasteiger partial charge in [-0.1, -0.05) is 26.0 Å². The zero-order valence-corrected chi connectivity index (χ0v) is 13.0. The van der Waals surface area contributed by atoms with Gasteiger partial charge in [0.15, 0.2) is 0 Å². The number of hydrogen-bond donors (Lipinski definition) is 1. The highest BCUT2D eigenvalue weighted by Gasteiger charge is 2.23. The number of para-hydroxylation sites is 1. The average molecular weight is 316 g/mol. The van der Waals surface area contributed by atoms with Gasteiger partial charge in [-0.3, -0.25) is 14.2 Å². The molecule has 1 N–H and O–H groups in total. The van der Waals surface area contributed by atoms with Crippen LogP contribution < -0.4 is 16.0 Å². The molecule has 7 nitrogen and oxygen atoms in total. The number of benzene rings is 1.